The van der Waals surface area contributed by atoms with Crippen molar-refractivity contribution in [2.75, 3.05) is 26.8 Å². The smallest absolute Gasteiger partial charge is 0.385 e. The van der Waals surface area contributed by atoms with Crippen molar-refractivity contribution in [2.45, 2.75) is 37.6 Å². The second-order valence-corrected chi connectivity index (χ2v) is 4.47. The fourth-order valence-electron chi connectivity index (χ4n) is 2.10. The molecule has 112 valence electrons. The van der Waals surface area contributed by atoms with Crippen LogP contribution in [-0.2, 0) is 4.74 Å². The summed E-state index contributed by atoms with van der Waals surface area (Å²) in [5.41, 5.74) is 0. The molecule has 2 N–H and O–H groups in total. The standard InChI is InChI=1S/C11H19F3N2O3/c1-19-7-3-5-15-10(18)16-6-2-4-8(16)9(17)11(12,13)14/h8-9,17H,2-7H2,1H3,(H,15,18). The normalized spacial score (nSPS) is 21.5. The third-order valence-corrected chi connectivity index (χ3v) is 3.06. The molecule has 0 radical (unpaired) electrons. The summed E-state index contributed by atoms with van der Waals surface area (Å²) in [6.45, 7) is 1.03. The van der Waals surface area contributed by atoms with Crippen molar-refractivity contribution in [1.82, 2.24) is 10.2 Å². The van der Waals surface area contributed by atoms with E-state index in [2.05, 4.69) is 5.32 Å². The molecule has 0 aromatic heterocycles. The highest BCUT2D eigenvalue weighted by Gasteiger charge is 2.48. The fourth-order valence-corrected chi connectivity index (χ4v) is 2.10. The van der Waals surface area contributed by atoms with Gasteiger partial charge >= 0.3 is 12.2 Å². The minimum absolute atomic E-state index is 0.159. The Hall–Kier alpha value is -1.02. The van der Waals surface area contributed by atoms with Crippen LogP contribution in [0.2, 0.25) is 0 Å². The van der Waals surface area contributed by atoms with Crippen LogP contribution in [0.3, 0.4) is 0 Å². The minimum Gasteiger partial charge on any atom is -0.385 e. The highest BCUT2D eigenvalue weighted by molar-refractivity contribution is 5.74. The van der Waals surface area contributed by atoms with Gasteiger partial charge in [-0.2, -0.15) is 13.2 Å². The summed E-state index contributed by atoms with van der Waals surface area (Å²) in [5, 5.41) is 11.8. The van der Waals surface area contributed by atoms with Gasteiger partial charge in [0, 0.05) is 26.8 Å². The number of aliphatic hydroxyl groups excluding tert-OH is 1. The Morgan fingerprint density at radius 1 is 1.58 bits per heavy atom. The lowest BCUT2D eigenvalue weighted by Crippen LogP contribution is -2.52. The maximum absolute atomic E-state index is 12.5. The van der Waals surface area contributed by atoms with Crippen molar-refractivity contribution in [2.24, 2.45) is 0 Å². The van der Waals surface area contributed by atoms with Gasteiger partial charge in [0.15, 0.2) is 6.10 Å². The highest BCUT2D eigenvalue weighted by Crippen LogP contribution is 2.30. The van der Waals surface area contributed by atoms with Crippen molar-refractivity contribution in [3.8, 4) is 0 Å². The molecule has 1 aliphatic heterocycles. The minimum atomic E-state index is -4.70. The molecule has 0 saturated carbocycles. The summed E-state index contributed by atoms with van der Waals surface area (Å²) in [5.74, 6) is 0. The number of carbonyl (C=O) groups is 1. The number of aliphatic hydroxyl groups is 1. The molecule has 2 amide bonds. The van der Waals surface area contributed by atoms with Gasteiger partial charge in [-0.25, -0.2) is 4.79 Å². The van der Waals surface area contributed by atoms with Gasteiger partial charge in [0.2, 0.25) is 0 Å². The van der Waals surface area contributed by atoms with Crippen LogP contribution in [0.25, 0.3) is 0 Å². The zero-order valence-electron chi connectivity index (χ0n) is 10.7. The Kier molecular flexibility index (Phi) is 5.86. The number of carbonyl (C=O) groups excluding carboxylic acids is 1. The molecule has 1 heterocycles. The van der Waals surface area contributed by atoms with Crippen LogP contribution in [0.4, 0.5) is 18.0 Å². The number of alkyl halides is 3. The van der Waals surface area contributed by atoms with Crippen LogP contribution in [0.1, 0.15) is 19.3 Å². The van der Waals surface area contributed by atoms with Crippen LogP contribution >= 0.6 is 0 Å². The van der Waals surface area contributed by atoms with Gasteiger partial charge < -0.3 is 20.1 Å². The van der Waals surface area contributed by atoms with E-state index in [0.29, 0.717) is 26.0 Å². The lowest BCUT2D eigenvalue weighted by atomic mass is 10.1. The molecular formula is C11H19F3N2O3. The molecule has 1 fully saturated rings. The summed E-state index contributed by atoms with van der Waals surface area (Å²) in [7, 11) is 1.53. The number of ether oxygens (including phenoxy) is 1. The largest absolute Gasteiger partial charge is 0.416 e. The third kappa shape index (κ3) is 4.54. The first-order valence-corrected chi connectivity index (χ1v) is 6.16. The Balaban J connectivity index is 2.49. The van der Waals surface area contributed by atoms with E-state index < -0.39 is 24.4 Å². The average Bonchev–Trinajstić information content (AvgIpc) is 2.81. The summed E-state index contributed by atoms with van der Waals surface area (Å²) < 4.78 is 42.2. The molecule has 0 aliphatic carbocycles. The maximum Gasteiger partial charge on any atom is 0.416 e. The quantitative estimate of drug-likeness (QED) is 0.744. The van der Waals surface area contributed by atoms with E-state index in [4.69, 9.17) is 4.74 Å². The summed E-state index contributed by atoms with van der Waals surface area (Å²) in [4.78, 5) is 12.8. The second-order valence-electron chi connectivity index (χ2n) is 4.47. The number of amides is 2. The first kappa shape index (κ1) is 16.0. The lowest BCUT2D eigenvalue weighted by molar-refractivity contribution is -0.216. The van der Waals surface area contributed by atoms with Crippen molar-refractivity contribution in [1.29, 1.82) is 0 Å². The topological polar surface area (TPSA) is 61.8 Å². The zero-order valence-corrected chi connectivity index (χ0v) is 10.7. The SMILES string of the molecule is COCCCNC(=O)N1CCCC1C(O)C(F)(F)F. The molecule has 0 spiro atoms. The van der Waals surface area contributed by atoms with Crippen molar-refractivity contribution < 1.29 is 27.8 Å². The number of urea groups is 1. The van der Waals surface area contributed by atoms with Crippen molar-refractivity contribution in [3.63, 3.8) is 0 Å². The summed E-state index contributed by atoms with van der Waals surface area (Å²) in [6, 6.07) is -1.76. The Morgan fingerprint density at radius 2 is 2.26 bits per heavy atom. The molecule has 2 atom stereocenters. The number of nitrogens with zero attached hydrogens (tertiary/aromatic N) is 1. The van der Waals surface area contributed by atoms with Gasteiger partial charge in [-0.15, -0.1) is 0 Å². The number of hydrogen-bond donors (Lipinski definition) is 2. The van der Waals surface area contributed by atoms with Crippen LogP contribution in [0.15, 0.2) is 0 Å². The van der Waals surface area contributed by atoms with E-state index >= 15 is 0 Å². The van der Waals surface area contributed by atoms with E-state index in [-0.39, 0.29) is 13.0 Å². The van der Waals surface area contributed by atoms with E-state index in [1.807, 2.05) is 0 Å². The van der Waals surface area contributed by atoms with Gasteiger partial charge in [-0.3, -0.25) is 0 Å². The van der Waals surface area contributed by atoms with Crippen molar-refractivity contribution >= 4 is 6.03 Å². The predicted octanol–water partition coefficient (Wildman–Crippen LogP) is 1.12. The number of nitrogens with one attached hydrogen (secondary N) is 1. The molecule has 8 heteroatoms. The molecule has 1 aliphatic rings. The molecule has 0 aromatic rings. The Bertz CT molecular complexity index is 299. The van der Waals surface area contributed by atoms with E-state index in [9.17, 15) is 23.1 Å². The average molecular weight is 284 g/mol. The molecule has 2 unspecified atom stereocenters. The van der Waals surface area contributed by atoms with Gasteiger partial charge in [0.05, 0.1) is 6.04 Å². The fraction of sp³-hybridized carbons (Fsp3) is 0.909. The monoisotopic (exact) mass is 284 g/mol. The molecule has 0 bridgehead atoms. The molecule has 5 nitrogen and oxygen atoms in total. The Morgan fingerprint density at radius 3 is 2.84 bits per heavy atom. The molecule has 0 aromatic carbocycles. The molecular weight excluding hydrogens is 265 g/mol. The van der Waals surface area contributed by atoms with Crippen LogP contribution < -0.4 is 5.32 Å². The van der Waals surface area contributed by atoms with Crippen LogP contribution in [0, 0.1) is 0 Å². The number of rotatable bonds is 5. The van der Waals surface area contributed by atoms with Gasteiger partial charge in [0.25, 0.3) is 0 Å². The van der Waals surface area contributed by atoms with Gasteiger partial charge in [0.1, 0.15) is 0 Å². The number of methoxy groups -OCH3 is 1. The molecule has 1 saturated heterocycles. The molecule has 19 heavy (non-hydrogen) atoms. The summed E-state index contributed by atoms with van der Waals surface area (Å²) >= 11 is 0. The van der Waals surface area contributed by atoms with E-state index in [1.165, 1.54) is 7.11 Å². The highest BCUT2D eigenvalue weighted by atomic mass is 19.4. The van der Waals surface area contributed by atoms with E-state index in [0.717, 1.165) is 4.90 Å². The predicted molar refractivity (Wildman–Crippen MR) is 61.7 cm³/mol. The summed E-state index contributed by atoms with van der Waals surface area (Å²) in [6.07, 6.45) is -5.98. The van der Waals surface area contributed by atoms with E-state index in [1.54, 1.807) is 0 Å². The van der Waals surface area contributed by atoms with Crippen LogP contribution in [0.5, 0.6) is 0 Å². The first-order valence-electron chi connectivity index (χ1n) is 6.16. The number of halogens is 3. The Labute approximate surface area is 109 Å². The van der Waals surface area contributed by atoms with Crippen LogP contribution in [-0.4, -0.2) is 61.2 Å². The third-order valence-electron chi connectivity index (χ3n) is 3.06. The van der Waals surface area contributed by atoms with Gasteiger partial charge in [-0.05, 0) is 19.3 Å². The first-order chi connectivity index (χ1) is 8.88. The zero-order chi connectivity index (χ0) is 14.5. The molecule has 1 rings (SSSR count). The van der Waals surface area contributed by atoms with Crippen molar-refractivity contribution in [3.05, 3.63) is 0 Å². The second kappa shape index (κ2) is 6.95. The lowest BCUT2D eigenvalue weighted by Gasteiger charge is -2.29. The number of likely N-dealkylation sites (tertiary alicyclic amines) is 1. The number of hydrogen-bond acceptors (Lipinski definition) is 3. The van der Waals surface area contributed by atoms with Gasteiger partial charge in [-0.1, -0.05) is 0 Å². The maximum atomic E-state index is 12.5.